The Morgan fingerprint density at radius 1 is 1.08 bits per heavy atom. The second kappa shape index (κ2) is 6.06. The molecule has 1 unspecified atom stereocenters. The molecule has 0 radical (unpaired) electrons. The van der Waals surface area contributed by atoms with Gasteiger partial charge in [0.15, 0.2) is 0 Å². The lowest BCUT2D eigenvalue weighted by atomic mass is 9.78. The Hall–Kier alpha value is 0.480. The summed E-state index contributed by atoms with van der Waals surface area (Å²) in [5.41, 5.74) is 0.500. The first-order valence-corrected chi connectivity index (χ1v) is 6.47. The zero-order valence-electron chi connectivity index (χ0n) is 9.86. The molecule has 0 spiro atoms. The van der Waals surface area contributed by atoms with Crippen molar-refractivity contribution >= 4 is 15.9 Å². The van der Waals surface area contributed by atoms with E-state index in [-0.39, 0.29) is 0 Å². The van der Waals surface area contributed by atoms with Crippen molar-refractivity contribution in [3.8, 4) is 0 Å². The lowest BCUT2D eigenvalue weighted by Crippen LogP contribution is -2.19. The third-order valence-corrected chi connectivity index (χ3v) is 3.15. The van der Waals surface area contributed by atoms with Crippen molar-refractivity contribution in [3.63, 3.8) is 0 Å². The van der Waals surface area contributed by atoms with Crippen LogP contribution in [0.3, 0.4) is 0 Å². The van der Waals surface area contributed by atoms with Gasteiger partial charge in [-0.05, 0) is 24.2 Å². The van der Waals surface area contributed by atoms with E-state index in [2.05, 4.69) is 50.5 Å². The topological polar surface area (TPSA) is 0 Å². The molecule has 0 saturated carbocycles. The maximum Gasteiger partial charge on any atom is 0.0122 e. The molecule has 0 saturated heterocycles. The largest absolute Gasteiger partial charge is 0.0893 e. The van der Waals surface area contributed by atoms with Gasteiger partial charge in [0.1, 0.15) is 0 Å². The quantitative estimate of drug-likeness (QED) is 0.580. The van der Waals surface area contributed by atoms with Gasteiger partial charge in [0, 0.05) is 4.83 Å². The molecule has 0 aromatic rings. The van der Waals surface area contributed by atoms with Crippen molar-refractivity contribution in [2.24, 2.45) is 11.3 Å². The molecule has 0 aromatic heterocycles. The fourth-order valence-electron chi connectivity index (χ4n) is 2.20. The van der Waals surface area contributed by atoms with Gasteiger partial charge in [0.25, 0.3) is 0 Å². The Labute approximate surface area is 92.6 Å². The van der Waals surface area contributed by atoms with E-state index in [4.69, 9.17) is 0 Å². The predicted molar refractivity (Wildman–Crippen MR) is 65.5 cm³/mol. The molecule has 0 N–H and O–H groups in total. The minimum Gasteiger partial charge on any atom is -0.0893 e. The highest BCUT2D eigenvalue weighted by Gasteiger charge is 2.23. The summed E-state index contributed by atoms with van der Waals surface area (Å²) in [4.78, 5) is 0.650. The molecular formula is C12H25Br. The smallest absolute Gasteiger partial charge is 0.0122 e. The van der Waals surface area contributed by atoms with Crippen LogP contribution in [-0.2, 0) is 0 Å². The Bertz CT molecular complexity index is 123. The molecule has 0 rings (SSSR count). The maximum atomic E-state index is 3.64. The summed E-state index contributed by atoms with van der Waals surface area (Å²) in [6.45, 7) is 11.6. The van der Waals surface area contributed by atoms with Crippen LogP contribution in [0.25, 0.3) is 0 Å². The number of alkyl halides is 1. The Morgan fingerprint density at radius 2 is 1.54 bits per heavy atom. The van der Waals surface area contributed by atoms with E-state index < -0.39 is 0 Å². The van der Waals surface area contributed by atoms with E-state index in [0.29, 0.717) is 10.2 Å². The highest BCUT2D eigenvalue weighted by atomic mass is 79.9. The van der Waals surface area contributed by atoms with Crippen LogP contribution in [0.4, 0.5) is 0 Å². The number of hydrogen-bond acceptors (Lipinski definition) is 0. The van der Waals surface area contributed by atoms with Crippen LogP contribution >= 0.6 is 15.9 Å². The van der Waals surface area contributed by atoms with Crippen molar-refractivity contribution in [3.05, 3.63) is 0 Å². The third kappa shape index (κ3) is 6.54. The van der Waals surface area contributed by atoms with Gasteiger partial charge in [-0.2, -0.15) is 0 Å². The van der Waals surface area contributed by atoms with Gasteiger partial charge in [0.2, 0.25) is 0 Å². The monoisotopic (exact) mass is 248 g/mol. The Balaban J connectivity index is 3.98. The van der Waals surface area contributed by atoms with Crippen LogP contribution in [0.1, 0.15) is 60.3 Å². The van der Waals surface area contributed by atoms with Crippen LogP contribution in [0.5, 0.6) is 0 Å². The zero-order chi connectivity index (χ0) is 10.5. The molecule has 0 aliphatic heterocycles. The van der Waals surface area contributed by atoms with E-state index in [1.807, 2.05) is 0 Å². The minimum absolute atomic E-state index is 0.500. The first-order valence-electron chi connectivity index (χ1n) is 5.55. The van der Waals surface area contributed by atoms with Crippen molar-refractivity contribution in [1.82, 2.24) is 0 Å². The Morgan fingerprint density at radius 3 is 1.85 bits per heavy atom. The molecule has 1 atom stereocenters. The summed E-state index contributed by atoms with van der Waals surface area (Å²) in [5, 5.41) is 0. The molecule has 0 bridgehead atoms. The molecule has 0 heterocycles. The standard InChI is InChI=1S/C12H25Br/c1-6-11(7-2)9-12(4,5)8-10(3)13/h10-11H,6-9H2,1-5H3. The van der Waals surface area contributed by atoms with Gasteiger partial charge in [-0.15, -0.1) is 0 Å². The molecule has 0 fully saturated rings. The molecule has 1 heteroatoms. The van der Waals surface area contributed by atoms with Crippen LogP contribution in [-0.4, -0.2) is 4.83 Å². The van der Waals surface area contributed by atoms with E-state index in [1.165, 1.54) is 25.7 Å². The summed E-state index contributed by atoms with van der Waals surface area (Å²) in [6, 6.07) is 0. The fraction of sp³-hybridized carbons (Fsp3) is 1.00. The average molecular weight is 249 g/mol. The van der Waals surface area contributed by atoms with Crippen molar-refractivity contribution in [2.45, 2.75) is 65.1 Å². The van der Waals surface area contributed by atoms with Crippen LogP contribution < -0.4 is 0 Å². The van der Waals surface area contributed by atoms with Gasteiger partial charge >= 0.3 is 0 Å². The molecule has 0 aliphatic carbocycles. The predicted octanol–water partition coefficient (Wildman–Crippen LogP) is 5.01. The zero-order valence-corrected chi connectivity index (χ0v) is 11.4. The second-order valence-electron chi connectivity index (χ2n) is 5.04. The highest BCUT2D eigenvalue weighted by molar-refractivity contribution is 9.09. The second-order valence-corrected chi connectivity index (χ2v) is 6.60. The van der Waals surface area contributed by atoms with Crippen molar-refractivity contribution < 1.29 is 0 Å². The van der Waals surface area contributed by atoms with Gasteiger partial charge in [-0.25, -0.2) is 0 Å². The number of hydrogen-bond donors (Lipinski definition) is 0. The fourth-order valence-corrected chi connectivity index (χ4v) is 3.08. The summed E-state index contributed by atoms with van der Waals surface area (Å²) >= 11 is 3.64. The van der Waals surface area contributed by atoms with Gasteiger partial charge in [-0.3, -0.25) is 0 Å². The summed E-state index contributed by atoms with van der Waals surface area (Å²) in [7, 11) is 0. The molecule has 0 aromatic carbocycles. The normalized spacial score (nSPS) is 15.0. The molecule has 13 heavy (non-hydrogen) atoms. The van der Waals surface area contributed by atoms with E-state index in [1.54, 1.807) is 0 Å². The maximum absolute atomic E-state index is 3.64. The summed E-state index contributed by atoms with van der Waals surface area (Å²) in [5.74, 6) is 0.918. The highest BCUT2D eigenvalue weighted by Crippen LogP contribution is 2.34. The van der Waals surface area contributed by atoms with E-state index >= 15 is 0 Å². The first-order chi connectivity index (χ1) is 5.91. The summed E-state index contributed by atoms with van der Waals surface area (Å²) in [6.07, 6.45) is 5.31. The molecule has 0 aliphatic rings. The lowest BCUT2D eigenvalue weighted by Gasteiger charge is -2.30. The molecule has 0 amide bonds. The Kier molecular flexibility index (Phi) is 6.28. The summed E-state index contributed by atoms with van der Waals surface area (Å²) < 4.78 is 0. The minimum atomic E-state index is 0.500. The molecule has 0 nitrogen and oxygen atoms in total. The van der Waals surface area contributed by atoms with Crippen LogP contribution in [0.2, 0.25) is 0 Å². The van der Waals surface area contributed by atoms with E-state index in [9.17, 15) is 0 Å². The molecular weight excluding hydrogens is 224 g/mol. The van der Waals surface area contributed by atoms with Crippen molar-refractivity contribution in [2.75, 3.05) is 0 Å². The first kappa shape index (κ1) is 13.5. The van der Waals surface area contributed by atoms with Gasteiger partial charge < -0.3 is 0 Å². The van der Waals surface area contributed by atoms with Crippen LogP contribution in [0.15, 0.2) is 0 Å². The number of rotatable bonds is 6. The third-order valence-electron chi connectivity index (χ3n) is 2.83. The number of halogens is 1. The lowest BCUT2D eigenvalue weighted by molar-refractivity contribution is 0.240. The van der Waals surface area contributed by atoms with Gasteiger partial charge in [0.05, 0.1) is 0 Å². The SMILES string of the molecule is CCC(CC)CC(C)(C)CC(C)Br. The van der Waals surface area contributed by atoms with Crippen LogP contribution in [0, 0.1) is 11.3 Å². The average Bonchev–Trinajstić information content (AvgIpc) is 1.97. The van der Waals surface area contributed by atoms with Gasteiger partial charge in [-0.1, -0.05) is 63.4 Å². The molecule has 80 valence electrons. The van der Waals surface area contributed by atoms with Crippen molar-refractivity contribution in [1.29, 1.82) is 0 Å². The van der Waals surface area contributed by atoms with E-state index in [0.717, 1.165) is 5.92 Å².